The molecule has 0 spiro atoms. The van der Waals surface area contributed by atoms with Crippen molar-refractivity contribution in [2.75, 3.05) is 7.11 Å². The first kappa shape index (κ1) is 18.2. The van der Waals surface area contributed by atoms with Crippen LogP contribution in [0, 0.1) is 12.7 Å². The summed E-state index contributed by atoms with van der Waals surface area (Å²) in [6.45, 7) is 1.68. The molecule has 4 aromatic rings. The number of carbonyl (C=O) groups is 2. The molecule has 2 aromatic carbocycles. The Morgan fingerprint density at radius 2 is 1.80 bits per heavy atom. The number of carbonyl (C=O) groups excluding carboxylic acids is 2. The fourth-order valence-corrected chi connectivity index (χ4v) is 4.06. The Morgan fingerprint density at radius 3 is 2.53 bits per heavy atom. The van der Waals surface area contributed by atoms with Crippen LogP contribution in [0.1, 0.15) is 16.7 Å². The number of ether oxygens (including phenoxy) is 1. The van der Waals surface area contributed by atoms with Crippen LogP contribution in [0.4, 0.5) is 4.39 Å². The number of halogens is 1. The minimum atomic E-state index is -0.527. The number of imide groups is 1. The number of nitrogens with zero attached hydrogens (tertiary/aromatic N) is 1. The van der Waals surface area contributed by atoms with E-state index in [1.165, 1.54) is 19.4 Å². The quantitative estimate of drug-likeness (QED) is 0.525. The Balaban J connectivity index is 1.85. The molecule has 2 aromatic heterocycles. The van der Waals surface area contributed by atoms with E-state index in [0.717, 1.165) is 5.52 Å². The lowest BCUT2D eigenvalue weighted by Crippen LogP contribution is -2.22. The van der Waals surface area contributed by atoms with Gasteiger partial charge < -0.3 is 13.7 Å². The number of hydrogen-bond donors (Lipinski definition) is 1. The van der Waals surface area contributed by atoms with E-state index in [4.69, 9.17) is 9.15 Å². The number of amides is 2. The molecule has 30 heavy (non-hydrogen) atoms. The highest BCUT2D eigenvalue weighted by Gasteiger charge is 2.35. The molecule has 0 radical (unpaired) electrons. The maximum absolute atomic E-state index is 14.3. The second-order valence-electron chi connectivity index (χ2n) is 7.29. The topological polar surface area (TPSA) is 73.5 Å². The van der Waals surface area contributed by atoms with Crippen molar-refractivity contribution in [3.05, 3.63) is 65.3 Å². The molecule has 3 heterocycles. The Kier molecular flexibility index (Phi) is 3.83. The van der Waals surface area contributed by atoms with Crippen molar-refractivity contribution in [3.8, 4) is 5.75 Å². The van der Waals surface area contributed by atoms with Crippen LogP contribution in [-0.2, 0) is 16.6 Å². The smallest absolute Gasteiger partial charge is 0.259 e. The number of methoxy groups -OCH3 is 1. The molecule has 5 rings (SSSR count). The molecule has 0 atom stereocenters. The molecule has 150 valence electrons. The molecule has 0 saturated heterocycles. The Labute approximate surface area is 170 Å². The van der Waals surface area contributed by atoms with Gasteiger partial charge in [-0.2, -0.15) is 0 Å². The summed E-state index contributed by atoms with van der Waals surface area (Å²) in [4.78, 5) is 25.6. The van der Waals surface area contributed by atoms with Crippen LogP contribution in [0.3, 0.4) is 0 Å². The third-order valence-corrected chi connectivity index (χ3v) is 5.52. The molecule has 1 aliphatic heterocycles. The maximum Gasteiger partial charge on any atom is 0.259 e. The third kappa shape index (κ3) is 2.41. The lowest BCUT2D eigenvalue weighted by Gasteiger charge is -2.04. The van der Waals surface area contributed by atoms with Gasteiger partial charge in [-0.05, 0) is 30.7 Å². The first-order chi connectivity index (χ1) is 14.4. The van der Waals surface area contributed by atoms with E-state index in [1.807, 2.05) is 11.6 Å². The highest BCUT2D eigenvalue weighted by molar-refractivity contribution is 6.50. The van der Waals surface area contributed by atoms with Gasteiger partial charge in [-0.15, -0.1) is 0 Å². The van der Waals surface area contributed by atoms with E-state index in [2.05, 4.69) is 5.32 Å². The first-order valence-corrected chi connectivity index (χ1v) is 9.30. The first-order valence-electron chi connectivity index (χ1n) is 9.30. The Bertz CT molecular complexity index is 1420. The number of aromatic nitrogens is 1. The number of nitrogens with one attached hydrogen (secondary N) is 1. The predicted molar refractivity (Wildman–Crippen MR) is 110 cm³/mol. The maximum atomic E-state index is 14.3. The van der Waals surface area contributed by atoms with Crippen molar-refractivity contribution in [2.45, 2.75) is 6.92 Å². The van der Waals surface area contributed by atoms with Crippen molar-refractivity contribution in [3.63, 3.8) is 0 Å². The molecule has 0 unspecified atom stereocenters. The zero-order chi connectivity index (χ0) is 21.2. The fourth-order valence-electron chi connectivity index (χ4n) is 4.06. The highest BCUT2D eigenvalue weighted by Crippen LogP contribution is 2.40. The molecule has 7 heteroatoms. The predicted octanol–water partition coefficient (Wildman–Crippen LogP) is 3.95. The van der Waals surface area contributed by atoms with Gasteiger partial charge >= 0.3 is 0 Å². The van der Waals surface area contributed by atoms with Gasteiger partial charge in [-0.1, -0.05) is 12.1 Å². The number of fused-ring (bicyclic) bond motifs is 2. The SMILES string of the molecule is COc1cccc2c(C3=C(c4cn(C)c5cc(C)c(F)cc45)C(=O)NC3=O)coc12. The summed E-state index contributed by atoms with van der Waals surface area (Å²) in [6, 6.07) is 8.45. The molecule has 1 aliphatic rings. The average Bonchev–Trinajstić information content (AvgIpc) is 3.36. The summed E-state index contributed by atoms with van der Waals surface area (Å²) in [5.74, 6) is -0.903. The van der Waals surface area contributed by atoms with Gasteiger partial charge in [0.2, 0.25) is 0 Å². The molecule has 2 amide bonds. The van der Waals surface area contributed by atoms with E-state index in [-0.39, 0.29) is 17.0 Å². The Morgan fingerprint density at radius 1 is 1.07 bits per heavy atom. The summed E-state index contributed by atoms with van der Waals surface area (Å²) in [6.07, 6.45) is 3.18. The number of furan rings is 1. The summed E-state index contributed by atoms with van der Waals surface area (Å²) in [7, 11) is 3.34. The van der Waals surface area contributed by atoms with Crippen LogP contribution in [0.15, 0.2) is 47.2 Å². The van der Waals surface area contributed by atoms with Crippen molar-refractivity contribution < 1.29 is 23.1 Å². The van der Waals surface area contributed by atoms with E-state index in [9.17, 15) is 14.0 Å². The average molecular weight is 404 g/mol. The van der Waals surface area contributed by atoms with Gasteiger partial charge in [0.05, 0.1) is 18.3 Å². The van der Waals surface area contributed by atoms with Crippen molar-refractivity contribution in [1.82, 2.24) is 9.88 Å². The fraction of sp³-hybridized carbons (Fsp3) is 0.130. The summed E-state index contributed by atoms with van der Waals surface area (Å²) in [5, 5.41) is 3.57. The van der Waals surface area contributed by atoms with Crippen LogP contribution in [-0.4, -0.2) is 23.5 Å². The molecular formula is C23H17FN2O4. The van der Waals surface area contributed by atoms with Crippen molar-refractivity contribution >= 4 is 44.8 Å². The molecule has 1 N–H and O–H groups in total. The van der Waals surface area contributed by atoms with Crippen molar-refractivity contribution in [1.29, 1.82) is 0 Å². The zero-order valence-corrected chi connectivity index (χ0v) is 16.5. The molecule has 0 bridgehead atoms. The summed E-state index contributed by atoms with van der Waals surface area (Å²) in [5.41, 5.74) is 3.10. The van der Waals surface area contributed by atoms with Crippen LogP contribution < -0.4 is 10.1 Å². The zero-order valence-electron chi connectivity index (χ0n) is 16.5. The van der Waals surface area contributed by atoms with Crippen LogP contribution >= 0.6 is 0 Å². The number of rotatable bonds is 3. The van der Waals surface area contributed by atoms with Gasteiger partial charge in [-0.3, -0.25) is 14.9 Å². The van der Waals surface area contributed by atoms with Gasteiger partial charge in [0.15, 0.2) is 11.3 Å². The van der Waals surface area contributed by atoms with E-state index < -0.39 is 11.8 Å². The standard InChI is InChI=1S/C23H17FN2O4/c1-11-7-17-13(8-16(11)24)14(9-26(17)2)19-20(23(28)25-22(19)27)15-10-30-21-12(15)5-4-6-18(21)29-3/h4-10H,1-3H3,(H,25,27,28). The van der Waals surface area contributed by atoms with Gasteiger partial charge in [0.1, 0.15) is 12.1 Å². The monoisotopic (exact) mass is 404 g/mol. The van der Waals surface area contributed by atoms with Crippen LogP contribution in [0.5, 0.6) is 5.75 Å². The minimum absolute atomic E-state index is 0.194. The highest BCUT2D eigenvalue weighted by atomic mass is 19.1. The molecule has 0 aliphatic carbocycles. The van der Waals surface area contributed by atoms with Crippen LogP contribution in [0.2, 0.25) is 0 Å². The number of aryl methyl sites for hydroxylation is 2. The Hall–Kier alpha value is -3.87. The van der Waals surface area contributed by atoms with Gasteiger partial charge in [-0.25, -0.2) is 4.39 Å². The number of hydrogen-bond acceptors (Lipinski definition) is 4. The van der Waals surface area contributed by atoms with E-state index in [0.29, 0.717) is 38.8 Å². The molecule has 6 nitrogen and oxygen atoms in total. The summed E-state index contributed by atoms with van der Waals surface area (Å²) >= 11 is 0. The van der Waals surface area contributed by atoms with Crippen LogP contribution in [0.25, 0.3) is 33.0 Å². The second-order valence-corrected chi connectivity index (χ2v) is 7.29. The minimum Gasteiger partial charge on any atom is -0.493 e. The van der Waals surface area contributed by atoms with Gasteiger partial charge in [0.25, 0.3) is 11.8 Å². The number of benzene rings is 2. The normalized spacial score (nSPS) is 14.3. The largest absolute Gasteiger partial charge is 0.493 e. The number of para-hydroxylation sites is 1. The lowest BCUT2D eigenvalue weighted by atomic mass is 9.95. The molecular weight excluding hydrogens is 387 g/mol. The van der Waals surface area contributed by atoms with Crippen molar-refractivity contribution in [2.24, 2.45) is 7.05 Å². The van der Waals surface area contributed by atoms with E-state index in [1.54, 1.807) is 37.4 Å². The second kappa shape index (κ2) is 6.32. The molecule has 0 saturated carbocycles. The lowest BCUT2D eigenvalue weighted by molar-refractivity contribution is -0.122. The molecule has 0 fully saturated rings. The third-order valence-electron chi connectivity index (χ3n) is 5.52. The van der Waals surface area contributed by atoms with E-state index >= 15 is 0 Å². The van der Waals surface area contributed by atoms with Gasteiger partial charge in [0, 0.05) is 40.7 Å². The summed E-state index contributed by atoms with van der Waals surface area (Å²) < 4.78 is 27.1.